The lowest BCUT2D eigenvalue weighted by Crippen LogP contribution is -2.29. The number of nitrogens with zero attached hydrogens (tertiary/aromatic N) is 4. The molecule has 0 spiro atoms. The first-order chi connectivity index (χ1) is 12.8. The fourth-order valence-electron chi connectivity index (χ4n) is 3.50. The Morgan fingerprint density at radius 3 is 2.31 bits per heavy atom. The predicted molar refractivity (Wildman–Crippen MR) is 111 cm³/mol. The molecule has 0 bridgehead atoms. The van der Waals surface area contributed by atoms with Crippen LogP contribution in [0.5, 0.6) is 0 Å². The summed E-state index contributed by atoms with van der Waals surface area (Å²) in [6.07, 6.45) is 8.02. The number of piperidine rings is 1. The van der Waals surface area contributed by atoms with Crippen molar-refractivity contribution in [3.63, 3.8) is 0 Å². The number of aromatic nitrogens is 2. The highest BCUT2D eigenvalue weighted by Gasteiger charge is 2.11. The van der Waals surface area contributed by atoms with E-state index >= 15 is 0 Å². The molecule has 0 unspecified atom stereocenters. The summed E-state index contributed by atoms with van der Waals surface area (Å²) < 4.78 is 0. The van der Waals surface area contributed by atoms with Crippen molar-refractivity contribution in [2.45, 2.75) is 46.0 Å². The van der Waals surface area contributed by atoms with E-state index in [9.17, 15) is 0 Å². The summed E-state index contributed by atoms with van der Waals surface area (Å²) in [7, 11) is 0. The Hall–Kier alpha value is -2.30. The normalized spacial score (nSPS) is 14.3. The third kappa shape index (κ3) is 4.87. The van der Waals surface area contributed by atoms with E-state index in [2.05, 4.69) is 58.2 Å². The van der Waals surface area contributed by atoms with Gasteiger partial charge in [0.05, 0.1) is 0 Å². The summed E-state index contributed by atoms with van der Waals surface area (Å²) in [4.78, 5) is 13.9. The summed E-state index contributed by atoms with van der Waals surface area (Å²) >= 11 is 0. The highest BCUT2D eigenvalue weighted by atomic mass is 15.2. The van der Waals surface area contributed by atoms with E-state index < -0.39 is 0 Å². The van der Waals surface area contributed by atoms with Gasteiger partial charge in [0.1, 0.15) is 5.82 Å². The van der Waals surface area contributed by atoms with Gasteiger partial charge >= 0.3 is 0 Å². The van der Waals surface area contributed by atoms with Crippen molar-refractivity contribution in [2.24, 2.45) is 0 Å². The van der Waals surface area contributed by atoms with Crippen LogP contribution in [0.25, 0.3) is 0 Å². The maximum atomic E-state index is 4.71. The van der Waals surface area contributed by atoms with Crippen molar-refractivity contribution in [3.05, 3.63) is 36.5 Å². The summed E-state index contributed by atoms with van der Waals surface area (Å²) in [5, 5.41) is 3.35. The Kier molecular flexibility index (Phi) is 6.69. The molecule has 3 rings (SSSR count). The SMILES string of the molecule is CCCN(CCC)c1ccnc(Nc2ccc(N3CCCCC3)cc2)n1. The Morgan fingerprint density at radius 1 is 0.962 bits per heavy atom. The second-order valence-electron chi connectivity index (χ2n) is 6.95. The average molecular weight is 354 g/mol. The molecule has 1 saturated heterocycles. The van der Waals surface area contributed by atoms with Crippen LogP contribution in [0.2, 0.25) is 0 Å². The van der Waals surface area contributed by atoms with Gasteiger partial charge in [-0.15, -0.1) is 0 Å². The van der Waals surface area contributed by atoms with E-state index in [1.165, 1.54) is 38.0 Å². The van der Waals surface area contributed by atoms with Gasteiger partial charge in [-0.1, -0.05) is 13.8 Å². The molecule has 5 heteroatoms. The Balaban J connectivity index is 1.67. The van der Waals surface area contributed by atoms with E-state index in [4.69, 9.17) is 4.98 Å². The second-order valence-corrected chi connectivity index (χ2v) is 6.95. The molecular formula is C21H31N5. The highest BCUT2D eigenvalue weighted by Crippen LogP contribution is 2.23. The Labute approximate surface area is 157 Å². The molecule has 5 nitrogen and oxygen atoms in total. The Bertz CT molecular complexity index is 658. The topological polar surface area (TPSA) is 44.3 Å². The van der Waals surface area contributed by atoms with E-state index in [0.29, 0.717) is 5.95 Å². The smallest absolute Gasteiger partial charge is 0.229 e. The molecule has 1 aliphatic rings. The van der Waals surface area contributed by atoms with Gasteiger partial charge in [-0.3, -0.25) is 0 Å². The van der Waals surface area contributed by atoms with Crippen molar-refractivity contribution in [3.8, 4) is 0 Å². The van der Waals surface area contributed by atoms with Gasteiger partial charge in [-0.05, 0) is 62.4 Å². The highest BCUT2D eigenvalue weighted by molar-refractivity contribution is 5.60. The molecule has 0 atom stereocenters. The second kappa shape index (κ2) is 9.41. The largest absolute Gasteiger partial charge is 0.372 e. The molecule has 0 aliphatic carbocycles. The van der Waals surface area contributed by atoms with E-state index in [1.807, 2.05) is 12.3 Å². The van der Waals surface area contributed by atoms with Crippen molar-refractivity contribution >= 4 is 23.1 Å². The quantitative estimate of drug-likeness (QED) is 0.736. The standard InChI is InChI=1S/C21H31N5/c1-3-14-26(15-4-2)20-12-13-22-21(24-20)23-18-8-10-19(11-9-18)25-16-6-5-7-17-25/h8-13H,3-7,14-17H2,1-2H3,(H,22,23,24). The molecule has 140 valence electrons. The van der Waals surface area contributed by atoms with Crippen molar-refractivity contribution in [1.82, 2.24) is 9.97 Å². The number of hydrogen-bond donors (Lipinski definition) is 1. The van der Waals surface area contributed by atoms with E-state index in [-0.39, 0.29) is 0 Å². The molecule has 0 radical (unpaired) electrons. The summed E-state index contributed by atoms with van der Waals surface area (Å²) in [6.45, 7) is 8.79. The molecule has 1 aliphatic heterocycles. The van der Waals surface area contributed by atoms with Gasteiger partial charge < -0.3 is 15.1 Å². The van der Waals surface area contributed by atoms with Crippen LogP contribution in [-0.4, -0.2) is 36.1 Å². The third-order valence-electron chi connectivity index (χ3n) is 4.80. The van der Waals surface area contributed by atoms with Crippen LogP contribution in [0.3, 0.4) is 0 Å². The summed E-state index contributed by atoms with van der Waals surface area (Å²) in [6, 6.07) is 10.6. The Morgan fingerprint density at radius 2 is 1.65 bits per heavy atom. The van der Waals surface area contributed by atoms with Crippen molar-refractivity contribution < 1.29 is 0 Å². The lowest BCUT2D eigenvalue weighted by atomic mass is 10.1. The van der Waals surface area contributed by atoms with Gasteiger partial charge in [0.2, 0.25) is 5.95 Å². The van der Waals surface area contributed by atoms with Crippen LogP contribution in [0.15, 0.2) is 36.5 Å². The minimum Gasteiger partial charge on any atom is -0.372 e. The van der Waals surface area contributed by atoms with Crippen LogP contribution in [0, 0.1) is 0 Å². The zero-order chi connectivity index (χ0) is 18.2. The first-order valence-corrected chi connectivity index (χ1v) is 10.00. The molecule has 2 heterocycles. The molecule has 1 aromatic heterocycles. The molecule has 26 heavy (non-hydrogen) atoms. The summed E-state index contributed by atoms with van der Waals surface area (Å²) in [5.41, 5.74) is 2.34. The molecule has 0 saturated carbocycles. The van der Waals surface area contributed by atoms with Gasteiger partial charge in [0, 0.05) is 43.8 Å². The molecular weight excluding hydrogens is 322 g/mol. The van der Waals surface area contributed by atoms with E-state index in [0.717, 1.165) is 37.4 Å². The fraction of sp³-hybridized carbons (Fsp3) is 0.524. The van der Waals surface area contributed by atoms with Gasteiger partial charge in [0.25, 0.3) is 0 Å². The fourth-order valence-corrected chi connectivity index (χ4v) is 3.50. The number of rotatable bonds is 8. The molecule has 1 aromatic carbocycles. The number of anilines is 4. The van der Waals surface area contributed by atoms with Gasteiger partial charge in [0.15, 0.2) is 0 Å². The molecule has 2 aromatic rings. The van der Waals surface area contributed by atoms with Crippen molar-refractivity contribution in [1.29, 1.82) is 0 Å². The lowest BCUT2D eigenvalue weighted by molar-refractivity contribution is 0.578. The summed E-state index contributed by atoms with van der Waals surface area (Å²) in [5.74, 6) is 1.65. The van der Waals surface area contributed by atoms with Crippen LogP contribution < -0.4 is 15.1 Å². The monoisotopic (exact) mass is 353 g/mol. The first-order valence-electron chi connectivity index (χ1n) is 10.00. The number of benzene rings is 1. The molecule has 1 fully saturated rings. The minimum atomic E-state index is 0.658. The van der Waals surface area contributed by atoms with E-state index in [1.54, 1.807) is 0 Å². The lowest BCUT2D eigenvalue weighted by Gasteiger charge is -2.28. The van der Waals surface area contributed by atoms with Crippen LogP contribution in [-0.2, 0) is 0 Å². The van der Waals surface area contributed by atoms with Crippen LogP contribution >= 0.6 is 0 Å². The minimum absolute atomic E-state index is 0.658. The first kappa shape index (κ1) is 18.5. The predicted octanol–water partition coefficient (Wildman–Crippen LogP) is 4.84. The van der Waals surface area contributed by atoms with Gasteiger partial charge in [-0.25, -0.2) is 4.98 Å². The maximum absolute atomic E-state index is 4.71. The van der Waals surface area contributed by atoms with Crippen LogP contribution in [0.4, 0.5) is 23.1 Å². The average Bonchev–Trinajstić information content (AvgIpc) is 2.69. The number of hydrogen-bond acceptors (Lipinski definition) is 5. The van der Waals surface area contributed by atoms with Crippen molar-refractivity contribution in [2.75, 3.05) is 41.3 Å². The maximum Gasteiger partial charge on any atom is 0.229 e. The third-order valence-corrected chi connectivity index (χ3v) is 4.80. The molecule has 1 N–H and O–H groups in total. The van der Waals surface area contributed by atoms with Gasteiger partial charge in [-0.2, -0.15) is 4.98 Å². The zero-order valence-electron chi connectivity index (χ0n) is 16.1. The number of nitrogens with one attached hydrogen (secondary N) is 1. The molecule has 0 amide bonds. The zero-order valence-corrected chi connectivity index (χ0v) is 16.1. The van der Waals surface area contributed by atoms with Crippen LogP contribution in [0.1, 0.15) is 46.0 Å².